The maximum atomic E-state index is 2.51. The lowest BCUT2D eigenvalue weighted by atomic mass is 9.79. The summed E-state index contributed by atoms with van der Waals surface area (Å²) in [7, 11) is -2.84. The second-order valence-corrected chi connectivity index (χ2v) is 21.4. The lowest BCUT2D eigenvalue weighted by Gasteiger charge is -2.33. The van der Waals surface area contributed by atoms with E-state index < -0.39 is 8.07 Å². The standard InChI is InChI=1S/C61H45NSi/c1-61(2)57-30-11-8-25-53(57)56-29-16-28-52(60(56)61)44-34-36-47(37-35-44)62(49-38-33-43-19-6-7-20-45(43)39-49)48-22-15-24-51(41-48)63(50-23-14-21-46(40-50)42-17-4-3-5-18-42)58-31-12-9-26-54(58)55-27-10-13-32-59(55)63/h3-41H,1-2H3. The summed E-state index contributed by atoms with van der Waals surface area (Å²) >= 11 is 0. The zero-order valence-corrected chi connectivity index (χ0v) is 36.5. The number of anilines is 3. The van der Waals surface area contributed by atoms with Crippen molar-refractivity contribution in [3.8, 4) is 44.5 Å². The van der Waals surface area contributed by atoms with Gasteiger partial charge in [-0.15, -0.1) is 0 Å². The van der Waals surface area contributed by atoms with Crippen LogP contribution in [0.1, 0.15) is 25.0 Å². The zero-order chi connectivity index (χ0) is 42.1. The minimum atomic E-state index is -2.84. The Morgan fingerprint density at radius 1 is 0.333 bits per heavy atom. The molecule has 0 N–H and O–H groups in total. The van der Waals surface area contributed by atoms with Gasteiger partial charge in [0.1, 0.15) is 0 Å². The van der Waals surface area contributed by atoms with Crippen molar-refractivity contribution in [1.29, 1.82) is 0 Å². The normalized spacial score (nSPS) is 13.8. The van der Waals surface area contributed by atoms with Crippen LogP contribution in [-0.2, 0) is 5.41 Å². The largest absolute Gasteiger partial charge is 0.310 e. The first-order valence-corrected chi connectivity index (χ1v) is 24.1. The molecule has 1 aliphatic carbocycles. The number of nitrogens with zero attached hydrogens (tertiary/aromatic N) is 1. The monoisotopic (exact) mass is 819 g/mol. The molecule has 0 bridgehead atoms. The van der Waals surface area contributed by atoms with Gasteiger partial charge in [0.25, 0.3) is 0 Å². The van der Waals surface area contributed by atoms with E-state index in [1.165, 1.54) is 87.2 Å². The van der Waals surface area contributed by atoms with Crippen LogP contribution in [0.3, 0.4) is 0 Å². The molecule has 12 rings (SSSR count). The van der Waals surface area contributed by atoms with Crippen LogP contribution in [0.15, 0.2) is 237 Å². The Hall–Kier alpha value is -7.52. The van der Waals surface area contributed by atoms with Crippen molar-refractivity contribution in [2.75, 3.05) is 4.90 Å². The summed E-state index contributed by atoms with van der Waals surface area (Å²) < 4.78 is 0. The molecule has 0 atom stereocenters. The SMILES string of the molecule is CC1(C)c2ccccc2-c2cccc(-c3ccc(N(c4cccc([Si]5(c6cccc(-c7ccccc7)c6)c6ccccc6-c6ccccc65)c4)c4ccc5ccccc5c4)cc3)c21. The average molecular weight is 820 g/mol. The van der Waals surface area contributed by atoms with Crippen LogP contribution in [0, 0.1) is 0 Å². The van der Waals surface area contributed by atoms with Crippen molar-refractivity contribution in [3.05, 3.63) is 248 Å². The van der Waals surface area contributed by atoms with Crippen molar-refractivity contribution in [2.24, 2.45) is 0 Å². The van der Waals surface area contributed by atoms with Crippen LogP contribution < -0.4 is 25.6 Å². The minimum Gasteiger partial charge on any atom is -0.310 e. The fourth-order valence-electron chi connectivity index (χ4n) is 11.1. The molecule has 298 valence electrons. The van der Waals surface area contributed by atoms with E-state index in [0.717, 1.165) is 17.1 Å². The summed E-state index contributed by atoms with van der Waals surface area (Å²) in [6.45, 7) is 4.75. The predicted octanol–water partition coefficient (Wildman–Crippen LogP) is 13.3. The van der Waals surface area contributed by atoms with Crippen molar-refractivity contribution >= 4 is 56.7 Å². The van der Waals surface area contributed by atoms with E-state index in [1.54, 1.807) is 0 Å². The summed E-state index contributed by atoms with van der Waals surface area (Å²) in [4.78, 5) is 2.46. The highest BCUT2D eigenvalue weighted by Crippen LogP contribution is 2.52. The summed E-state index contributed by atoms with van der Waals surface area (Å²) in [5, 5.41) is 8.09. The Kier molecular flexibility index (Phi) is 8.60. The highest BCUT2D eigenvalue weighted by molar-refractivity contribution is 7.22. The molecule has 10 aromatic carbocycles. The van der Waals surface area contributed by atoms with Crippen LogP contribution in [0.2, 0.25) is 0 Å². The Labute approximate surface area is 371 Å². The molecule has 10 aromatic rings. The Morgan fingerprint density at radius 2 is 0.873 bits per heavy atom. The van der Waals surface area contributed by atoms with Crippen LogP contribution in [0.25, 0.3) is 55.3 Å². The Balaban J connectivity index is 1.05. The molecule has 1 aliphatic heterocycles. The first-order valence-electron chi connectivity index (χ1n) is 22.1. The number of benzene rings is 10. The molecule has 0 saturated heterocycles. The van der Waals surface area contributed by atoms with E-state index in [1.807, 2.05) is 0 Å². The number of fused-ring (bicyclic) bond motifs is 7. The molecule has 1 heterocycles. The molecule has 63 heavy (non-hydrogen) atoms. The van der Waals surface area contributed by atoms with Crippen LogP contribution in [0.4, 0.5) is 17.1 Å². The van der Waals surface area contributed by atoms with Crippen molar-refractivity contribution in [2.45, 2.75) is 19.3 Å². The van der Waals surface area contributed by atoms with Crippen LogP contribution in [-0.4, -0.2) is 8.07 Å². The number of hydrogen-bond donors (Lipinski definition) is 0. The third-order valence-corrected chi connectivity index (χ3v) is 18.7. The Morgan fingerprint density at radius 3 is 1.63 bits per heavy atom. The third-order valence-electron chi connectivity index (χ3n) is 13.9. The van der Waals surface area contributed by atoms with Gasteiger partial charge in [0.05, 0.1) is 0 Å². The van der Waals surface area contributed by atoms with Gasteiger partial charge < -0.3 is 4.90 Å². The van der Waals surface area contributed by atoms with Gasteiger partial charge in [0.15, 0.2) is 8.07 Å². The van der Waals surface area contributed by atoms with Crippen molar-refractivity contribution in [1.82, 2.24) is 0 Å². The molecule has 2 aliphatic rings. The van der Waals surface area contributed by atoms with Gasteiger partial charge in [-0.1, -0.05) is 214 Å². The van der Waals surface area contributed by atoms with Gasteiger partial charge in [-0.05, 0) is 124 Å². The summed E-state index contributed by atoms with van der Waals surface area (Å²) in [5.41, 5.74) is 16.5. The fourth-order valence-corrected chi connectivity index (χ4v) is 16.3. The van der Waals surface area contributed by atoms with E-state index >= 15 is 0 Å². The molecule has 1 nitrogen and oxygen atoms in total. The maximum absolute atomic E-state index is 2.84. The number of rotatable bonds is 7. The van der Waals surface area contributed by atoms with Gasteiger partial charge in [0.2, 0.25) is 0 Å². The predicted molar refractivity (Wildman–Crippen MR) is 270 cm³/mol. The van der Waals surface area contributed by atoms with E-state index in [-0.39, 0.29) is 5.41 Å². The first-order chi connectivity index (χ1) is 31.0. The molecular formula is C61H45NSi. The second-order valence-electron chi connectivity index (χ2n) is 17.7. The maximum Gasteiger partial charge on any atom is 0.180 e. The summed E-state index contributed by atoms with van der Waals surface area (Å²) in [6, 6.07) is 88.7. The minimum absolute atomic E-state index is 0.100. The lowest BCUT2D eigenvalue weighted by Crippen LogP contribution is -2.72. The summed E-state index contributed by atoms with van der Waals surface area (Å²) in [5.74, 6) is 0. The van der Waals surface area contributed by atoms with Gasteiger partial charge in [0, 0.05) is 22.5 Å². The van der Waals surface area contributed by atoms with E-state index in [0.29, 0.717) is 0 Å². The zero-order valence-electron chi connectivity index (χ0n) is 35.5. The molecule has 0 amide bonds. The van der Waals surface area contributed by atoms with Crippen LogP contribution >= 0.6 is 0 Å². The summed E-state index contributed by atoms with van der Waals surface area (Å²) in [6.07, 6.45) is 0. The smallest absolute Gasteiger partial charge is 0.180 e. The molecule has 0 fully saturated rings. The second kappa shape index (κ2) is 14.5. The van der Waals surface area contributed by atoms with Crippen molar-refractivity contribution < 1.29 is 0 Å². The first kappa shape index (κ1) is 37.3. The van der Waals surface area contributed by atoms with Crippen LogP contribution in [0.5, 0.6) is 0 Å². The van der Waals surface area contributed by atoms with Gasteiger partial charge in [-0.2, -0.15) is 0 Å². The number of hydrogen-bond acceptors (Lipinski definition) is 1. The van der Waals surface area contributed by atoms with E-state index in [2.05, 4.69) is 255 Å². The molecule has 0 saturated carbocycles. The fraction of sp³-hybridized carbons (Fsp3) is 0.0492. The molecule has 0 unspecified atom stereocenters. The molecule has 0 spiro atoms. The third kappa shape index (κ3) is 5.75. The highest BCUT2D eigenvalue weighted by atomic mass is 28.3. The molecule has 0 aromatic heterocycles. The lowest BCUT2D eigenvalue weighted by molar-refractivity contribution is 0.662. The average Bonchev–Trinajstić information content (AvgIpc) is 3.78. The van der Waals surface area contributed by atoms with E-state index in [4.69, 9.17) is 0 Å². The molecule has 2 heteroatoms. The van der Waals surface area contributed by atoms with Gasteiger partial charge in [-0.3, -0.25) is 0 Å². The Bertz CT molecular complexity index is 3330. The topological polar surface area (TPSA) is 3.24 Å². The van der Waals surface area contributed by atoms with Crippen molar-refractivity contribution in [3.63, 3.8) is 0 Å². The van der Waals surface area contributed by atoms with E-state index in [9.17, 15) is 0 Å². The van der Waals surface area contributed by atoms with Gasteiger partial charge >= 0.3 is 0 Å². The quantitative estimate of drug-likeness (QED) is 0.145. The highest BCUT2D eigenvalue weighted by Gasteiger charge is 2.49. The molecule has 0 radical (unpaired) electrons. The van der Waals surface area contributed by atoms with Gasteiger partial charge in [-0.25, -0.2) is 0 Å². The molecular weight excluding hydrogens is 775 g/mol.